The van der Waals surface area contributed by atoms with Crippen LogP contribution in [-0.2, 0) is 4.74 Å². The fraction of sp³-hybridized carbons (Fsp3) is 1.00. The van der Waals surface area contributed by atoms with Crippen molar-refractivity contribution in [1.29, 1.82) is 0 Å². The molecular weight excluding hydrogens is 254 g/mol. The van der Waals surface area contributed by atoms with Crippen LogP contribution in [0.25, 0.3) is 0 Å². The molecule has 1 N–H and O–H groups in total. The highest BCUT2D eigenvalue weighted by atomic mass is 28.4. The van der Waals surface area contributed by atoms with E-state index in [1.165, 1.54) is 0 Å². The second-order valence-corrected chi connectivity index (χ2v) is 12.1. The van der Waals surface area contributed by atoms with Crippen LogP contribution in [-0.4, -0.2) is 48.8 Å². The molecule has 0 aromatic rings. The molecule has 1 saturated heterocycles. The fourth-order valence-electron chi connectivity index (χ4n) is 3.15. The van der Waals surface area contributed by atoms with Crippen molar-refractivity contribution in [3.05, 3.63) is 0 Å². The highest BCUT2D eigenvalue weighted by Crippen LogP contribution is 2.38. The molecule has 19 heavy (non-hydrogen) atoms. The molecule has 4 heteroatoms. The highest BCUT2D eigenvalue weighted by Gasteiger charge is 2.43. The number of nitrogens with zero attached hydrogens (tertiary/aromatic N) is 1. The van der Waals surface area contributed by atoms with Gasteiger partial charge in [-0.15, -0.1) is 0 Å². The maximum absolute atomic E-state index is 9.83. The first-order valence-electron chi connectivity index (χ1n) is 7.52. The van der Waals surface area contributed by atoms with E-state index in [2.05, 4.69) is 39.6 Å². The van der Waals surface area contributed by atoms with Crippen LogP contribution in [0.4, 0.5) is 0 Å². The summed E-state index contributed by atoms with van der Waals surface area (Å²) in [7, 11) is 0.319. The minimum Gasteiger partial charge on any atom is -0.432 e. The third kappa shape index (κ3) is 5.18. The summed E-state index contributed by atoms with van der Waals surface area (Å²) in [4.78, 5) is 12.3. The lowest BCUT2D eigenvalue weighted by Crippen LogP contribution is -2.60. The van der Waals surface area contributed by atoms with Crippen molar-refractivity contribution in [1.82, 2.24) is 4.90 Å². The van der Waals surface area contributed by atoms with Crippen molar-refractivity contribution in [3.63, 3.8) is 0 Å². The molecule has 0 amide bonds. The minimum absolute atomic E-state index is 0.192. The molecule has 1 heterocycles. The summed E-state index contributed by atoms with van der Waals surface area (Å²) in [5.41, 5.74) is 0.384. The lowest BCUT2D eigenvalue weighted by Gasteiger charge is -2.53. The van der Waals surface area contributed by atoms with Gasteiger partial charge < -0.3 is 9.53 Å². The van der Waals surface area contributed by atoms with Crippen molar-refractivity contribution >= 4 is 8.32 Å². The van der Waals surface area contributed by atoms with Crippen molar-refractivity contribution in [2.75, 3.05) is 13.7 Å². The van der Waals surface area contributed by atoms with E-state index in [4.69, 9.17) is 4.74 Å². The van der Waals surface area contributed by atoms with Gasteiger partial charge in [-0.3, -0.25) is 4.90 Å². The van der Waals surface area contributed by atoms with E-state index in [-0.39, 0.29) is 11.1 Å². The SMILES string of the molecule is CN1C(C)(C)CC(OCCC[Si](C)(C)O)CC1(C)C. The van der Waals surface area contributed by atoms with Crippen LogP contribution in [0.15, 0.2) is 0 Å². The minimum atomic E-state index is -1.90. The van der Waals surface area contributed by atoms with Gasteiger partial charge in [-0.1, -0.05) is 0 Å². The van der Waals surface area contributed by atoms with Crippen LogP contribution in [0.2, 0.25) is 19.1 Å². The summed E-state index contributed by atoms with van der Waals surface area (Å²) in [6.45, 7) is 14.0. The quantitative estimate of drug-likeness (QED) is 0.622. The Morgan fingerprint density at radius 3 is 2.05 bits per heavy atom. The van der Waals surface area contributed by atoms with Crippen LogP contribution in [0.3, 0.4) is 0 Å². The van der Waals surface area contributed by atoms with Gasteiger partial charge in [0.05, 0.1) is 6.10 Å². The first-order valence-corrected chi connectivity index (χ1v) is 10.7. The lowest BCUT2D eigenvalue weighted by molar-refractivity contribution is -0.0912. The Labute approximate surface area is 120 Å². The number of piperidine rings is 1. The zero-order valence-corrected chi connectivity index (χ0v) is 14.9. The molecule has 0 atom stereocenters. The van der Waals surface area contributed by atoms with Gasteiger partial charge in [0.1, 0.15) is 0 Å². The van der Waals surface area contributed by atoms with Crippen molar-refractivity contribution in [3.8, 4) is 0 Å². The van der Waals surface area contributed by atoms with E-state index in [0.29, 0.717) is 6.10 Å². The predicted molar refractivity (Wildman–Crippen MR) is 84.0 cm³/mol. The van der Waals surface area contributed by atoms with E-state index >= 15 is 0 Å². The topological polar surface area (TPSA) is 32.7 Å². The first kappa shape index (κ1) is 17.1. The molecule has 114 valence electrons. The van der Waals surface area contributed by atoms with Gasteiger partial charge in [0, 0.05) is 17.7 Å². The van der Waals surface area contributed by atoms with E-state index in [1.807, 2.05) is 13.1 Å². The smallest absolute Gasteiger partial charge is 0.182 e. The molecule has 0 bridgehead atoms. The molecule has 1 rings (SSSR count). The molecule has 3 nitrogen and oxygen atoms in total. The zero-order chi connectivity index (χ0) is 14.9. The molecule has 0 aromatic heterocycles. The fourth-order valence-corrected chi connectivity index (χ4v) is 4.16. The van der Waals surface area contributed by atoms with Crippen molar-refractivity contribution in [2.24, 2.45) is 0 Å². The summed E-state index contributed by atoms with van der Waals surface area (Å²) in [5, 5.41) is 0. The predicted octanol–water partition coefficient (Wildman–Crippen LogP) is 3.24. The molecule has 0 unspecified atom stereocenters. The Hall–Kier alpha value is 0.0969. The number of hydrogen-bond acceptors (Lipinski definition) is 3. The number of likely N-dealkylation sites (tertiary alicyclic amines) is 1. The standard InChI is InChI=1S/C15H33NO2Si/c1-14(2)11-13(12-15(3,4)16(14)5)18-9-8-10-19(6,7)17/h13,17H,8-12H2,1-7H3. The van der Waals surface area contributed by atoms with Gasteiger partial charge in [-0.25, -0.2) is 0 Å². The van der Waals surface area contributed by atoms with Gasteiger partial charge in [0.25, 0.3) is 0 Å². The largest absolute Gasteiger partial charge is 0.432 e. The summed E-state index contributed by atoms with van der Waals surface area (Å²) >= 11 is 0. The third-order valence-corrected chi connectivity index (χ3v) is 6.13. The molecule has 0 radical (unpaired) electrons. The second kappa shape index (κ2) is 5.84. The van der Waals surface area contributed by atoms with Gasteiger partial charge in [0.15, 0.2) is 8.32 Å². The van der Waals surface area contributed by atoms with Crippen molar-refractivity contribution in [2.45, 2.75) is 83.3 Å². The Morgan fingerprint density at radius 1 is 1.16 bits per heavy atom. The van der Waals surface area contributed by atoms with Gasteiger partial charge in [0.2, 0.25) is 0 Å². The Morgan fingerprint density at radius 2 is 1.63 bits per heavy atom. The lowest BCUT2D eigenvalue weighted by atomic mass is 9.79. The van der Waals surface area contributed by atoms with E-state index in [0.717, 1.165) is 31.9 Å². The summed E-state index contributed by atoms with van der Waals surface area (Å²) < 4.78 is 6.08. The molecule has 0 aromatic carbocycles. The average Bonchev–Trinajstić information content (AvgIpc) is 2.19. The van der Waals surface area contributed by atoms with E-state index in [1.54, 1.807) is 0 Å². The van der Waals surface area contributed by atoms with Gasteiger partial charge in [-0.05, 0) is 73.1 Å². The van der Waals surface area contributed by atoms with Crippen molar-refractivity contribution < 1.29 is 9.53 Å². The van der Waals surface area contributed by atoms with Gasteiger partial charge in [-0.2, -0.15) is 0 Å². The van der Waals surface area contributed by atoms with Crippen LogP contribution in [0.1, 0.15) is 47.0 Å². The maximum Gasteiger partial charge on any atom is 0.182 e. The number of rotatable bonds is 5. The maximum atomic E-state index is 9.83. The third-order valence-electron chi connectivity index (χ3n) is 4.56. The summed E-state index contributed by atoms with van der Waals surface area (Å²) in [5.74, 6) is 0. The monoisotopic (exact) mass is 287 g/mol. The van der Waals surface area contributed by atoms with Crippen LogP contribution >= 0.6 is 0 Å². The Balaban J connectivity index is 2.44. The number of hydrogen-bond donors (Lipinski definition) is 1. The molecule has 1 fully saturated rings. The van der Waals surface area contributed by atoms with Gasteiger partial charge >= 0.3 is 0 Å². The van der Waals surface area contributed by atoms with Crippen LogP contribution in [0.5, 0.6) is 0 Å². The molecule has 0 aliphatic carbocycles. The van der Waals surface area contributed by atoms with E-state index < -0.39 is 8.32 Å². The Bertz CT molecular complexity index is 279. The summed E-state index contributed by atoms with van der Waals surface area (Å²) in [6, 6.07) is 0.937. The molecule has 0 saturated carbocycles. The first-order chi connectivity index (χ1) is 8.44. The average molecular weight is 288 g/mol. The molecule has 1 aliphatic heterocycles. The van der Waals surface area contributed by atoms with Crippen LogP contribution in [0, 0.1) is 0 Å². The zero-order valence-electron chi connectivity index (χ0n) is 13.9. The molecule has 1 aliphatic rings. The molecular formula is C15H33NO2Si. The van der Waals surface area contributed by atoms with E-state index in [9.17, 15) is 4.80 Å². The normalized spacial score (nSPS) is 24.6. The Kier molecular flexibility index (Phi) is 5.27. The summed E-state index contributed by atoms with van der Waals surface area (Å²) in [6.07, 6.45) is 3.52. The highest BCUT2D eigenvalue weighted by molar-refractivity contribution is 6.69. The van der Waals surface area contributed by atoms with Crippen LogP contribution < -0.4 is 0 Å². The number of ether oxygens (including phenoxy) is 1. The second-order valence-electron chi connectivity index (χ2n) is 8.00. The molecule has 0 spiro atoms.